The van der Waals surface area contributed by atoms with Crippen molar-refractivity contribution in [3.05, 3.63) is 6.20 Å². The van der Waals surface area contributed by atoms with Crippen LogP contribution in [0, 0.1) is 0 Å². The van der Waals surface area contributed by atoms with Gasteiger partial charge in [-0.2, -0.15) is 11.8 Å². The molecule has 0 unspecified atom stereocenters. The molecule has 1 aromatic rings. The van der Waals surface area contributed by atoms with E-state index in [4.69, 9.17) is 5.73 Å². The number of nitrogens with one attached hydrogen (secondary N) is 1. The Morgan fingerprint density at radius 2 is 2.23 bits per heavy atom. The average molecular weight is 215 g/mol. The van der Waals surface area contributed by atoms with Crippen LogP contribution in [0.25, 0.3) is 0 Å². The Kier molecular flexibility index (Phi) is 2.95. The Bertz CT molecular complexity index is 268. The van der Waals surface area contributed by atoms with Gasteiger partial charge in [0.25, 0.3) is 0 Å². The van der Waals surface area contributed by atoms with E-state index in [0.717, 1.165) is 10.1 Å². The first-order chi connectivity index (χ1) is 6.34. The molecule has 0 spiro atoms. The summed E-state index contributed by atoms with van der Waals surface area (Å²) in [4.78, 5) is 4.19. The maximum absolute atomic E-state index is 5.60. The number of anilines is 2. The number of aromatic nitrogens is 1. The third-order valence-electron chi connectivity index (χ3n) is 2.07. The van der Waals surface area contributed by atoms with Crippen LogP contribution < -0.4 is 11.1 Å². The summed E-state index contributed by atoms with van der Waals surface area (Å²) in [5.74, 6) is 2.52. The predicted molar refractivity (Wildman–Crippen MR) is 60.5 cm³/mol. The van der Waals surface area contributed by atoms with Crippen LogP contribution in [0.15, 0.2) is 6.20 Å². The van der Waals surface area contributed by atoms with Crippen molar-refractivity contribution in [1.29, 1.82) is 0 Å². The third-order valence-corrected chi connectivity index (χ3v) is 3.88. The van der Waals surface area contributed by atoms with Gasteiger partial charge in [-0.1, -0.05) is 11.3 Å². The van der Waals surface area contributed by atoms with Crippen LogP contribution >= 0.6 is 23.1 Å². The minimum Gasteiger partial charge on any atom is -0.389 e. The Morgan fingerprint density at radius 3 is 2.85 bits per heavy atom. The summed E-state index contributed by atoms with van der Waals surface area (Å²) in [5.41, 5.74) is 5.60. The first kappa shape index (κ1) is 9.15. The van der Waals surface area contributed by atoms with Gasteiger partial charge in [0.1, 0.15) is 5.00 Å². The highest BCUT2D eigenvalue weighted by atomic mass is 32.2. The van der Waals surface area contributed by atoms with Crippen molar-refractivity contribution in [2.45, 2.75) is 18.9 Å². The van der Waals surface area contributed by atoms with Gasteiger partial charge in [0, 0.05) is 6.04 Å². The highest BCUT2D eigenvalue weighted by Gasteiger charge is 2.14. The molecule has 0 amide bonds. The van der Waals surface area contributed by atoms with Crippen LogP contribution in [0.1, 0.15) is 12.8 Å². The lowest BCUT2D eigenvalue weighted by Gasteiger charge is -2.21. The zero-order chi connectivity index (χ0) is 9.10. The minimum absolute atomic E-state index is 0.604. The molecular formula is C8H13N3S2. The van der Waals surface area contributed by atoms with Gasteiger partial charge < -0.3 is 11.1 Å². The molecule has 2 heterocycles. The molecule has 3 nitrogen and oxygen atoms in total. The fraction of sp³-hybridized carbons (Fsp3) is 0.625. The van der Waals surface area contributed by atoms with Crippen molar-refractivity contribution in [1.82, 2.24) is 4.98 Å². The van der Waals surface area contributed by atoms with Crippen molar-refractivity contribution in [2.24, 2.45) is 0 Å². The Hall–Kier alpha value is -0.420. The average Bonchev–Trinajstić information content (AvgIpc) is 2.53. The van der Waals surface area contributed by atoms with E-state index in [-0.39, 0.29) is 0 Å². The minimum atomic E-state index is 0.604. The number of thioether (sulfide) groups is 1. The highest BCUT2D eigenvalue weighted by Crippen LogP contribution is 2.24. The molecule has 1 aromatic heterocycles. The van der Waals surface area contributed by atoms with Gasteiger partial charge in [0.05, 0.1) is 6.20 Å². The molecule has 1 aliphatic rings. The summed E-state index contributed by atoms with van der Waals surface area (Å²) < 4.78 is 0. The van der Waals surface area contributed by atoms with Crippen molar-refractivity contribution in [2.75, 3.05) is 22.6 Å². The molecule has 2 rings (SSSR count). The molecule has 0 saturated carbocycles. The monoisotopic (exact) mass is 215 g/mol. The van der Waals surface area contributed by atoms with Crippen molar-refractivity contribution in [3.8, 4) is 0 Å². The Morgan fingerprint density at radius 1 is 1.46 bits per heavy atom. The number of rotatable bonds is 2. The normalized spacial score (nSPS) is 18.8. The van der Waals surface area contributed by atoms with Crippen LogP contribution in [0.5, 0.6) is 0 Å². The molecular weight excluding hydrogens is 202 g/mol. The summed E-state index contributed by atoms with van der Waals surface area (Å²) in [6.07, 6.45) is 4.19. The van der Waals surface area contributed by atoms with Gasteiger partial charge in [0.2, 0.25) is 0 Å². The highest BCUT2D eigenvalue weighted by molar-refractivity contribution is 7.99. The van der Waals surface area contributed by atoms with Crippen LogP contribution in [0.2, 0.25) is 0 Å². The van der Waals surface area contributed by atoms with Gasteiger partial charge in [-0.05, 0) is 24.3 Å². The summed E-state index contributed by atoms with van der Waals surface area (Å²) in [7, 11) is 0. The quantitative estimate of drug-likeness (QED) is 0.792. The summed E-state index contributed by atoms with van der Waals surface area (Å²) in [6, 6.07) is 0.604. The van der Waals surface area contributed by atoms with E-state index < -0.39 is 0 Å². The lowest BCUT2D eigenvalue weighted by molar-refractivity contribution is 0.666. The SMILES string of the molecule is Nc1cnc(NC2CCSCC2)s1. The fourth-order valence-electron chi connectivity index (χ4n) is 1.37. The topological polar surface area (TPSA) is 50.9 Å². The molecule has 1 saturated heterocycles. The second-order valence-electron chi connectivity index (χ2n) is 3.10. The lowest BCUT2D eigenvalue weighted by Crippen LogP contribution is -2.24. The van der Waals surface area contributed by atoms with Gasteiger partial charge in [-0.15, -0.1) is 0 Å². The molecule has 0 atom stereocenters. The number of hydrogen-bond acceptors (Lipinski definition) is 5. The summed E-state index contributed by atoms with van der Waals surface area (Å²) in [6.45, 7) is 0. The molecule has 0 aromatic carbocycles. The molecule has 13 heavy (non-hydrogen) atoms. The number of nitrogens with two attached hydrogens (primary N) is 1. The molecule has 72 valence electrons. The molecule has 5 heteroatoms. The number of thiazole rings is 1. The van der Waals surface area contributed by atoms with Crippen molar-refractivity contribution in [3.63, 3.8) is 0 Å². The van der Waals surface area contributed by atoms with Gasteiger partial charge in [-0.3, -0.25) is 0 Å². The van der Waals surface area contributed by atoms with E-state index in [9.17, 15) is 0 Å². The van der Waals surface area contributed by atoms with Crippen LogP contribution in [0.3, 0.4) is 0 Å². The first-order valence-corrected chi connectivity index (χ1v) is 6.37. The van der Waals surface area contributed by atoms with E-state index in [2.05, 4.69) is 10.3 Å². The molecule has 0 radical (unpaired) electrons. The molecule has 3 N–H and O–H groups in total. The van der Waals surface area contributed by atoms with Crippen LogP contribution in [-0.4, -0.2) is 22.5 Å². The van der Waals surface area contributed by atoms with Gasteiger partial charge in [-0.25, -0.2) is 4.98 Å². The third kappa shape index (κ3) is 2.51. The van der Waals surface area contributed by atoms with E-state index in [0.29, 0.717) is 6.04 Å². The van der Waals surface area contributed by atoms with Gasteiger partial charge in [0.15, 0.2) is 5.13 Å². The molecule has 0 aliphatic carbocycles. The Balaban J connectivity index is 1.89. The maximum Gasteiger partial charge on any atom is 0.184 e. The smallest absolute Gasteiger partial charge is 0.184 e. The van der Waals surface area contributed by atoms with E-state index in [1.165, 1.54) is 35.7 Å². The predicted octanol–water partition coefficient (Wildman–Crippen LogP) is 2.03. The second-order valence-corrected chi connectivity index (χ2v) is 5.39. The second kappa shape index (κ2) is 4.19. The molecule has 1 aliphatic heterocycles. The first-order valence-electron chi connectivity index (χ1n) is 4.40. The van der Waals surface area contributed by atoms with E-state index >= 15 is 0 Å². The number of hydrogen-bond donors (Lipinski definition) is 2. The maximum atomic E-state index is 5.60. The van der Waals surface area contributed by atoms with Crippen molar-refractivity contribution < 1.29 is 0 Å². The zero-order valence-corrected chi connectivity index (χ0v) is 8.96. The zero-order valence-electron chi connectivity index (χ0n) is 7.32. The summed E-state index contributed by atoms with van der Waals surface area (Å²) in [5, 5.41) is 5.17. The van der Waals surface area contributed by atoms with Crippen molar-refractivity contribution >= 4 is 33.2 Å². The summed E-state index contributed by atoms with van der Waals surface area (Å²) >= 11 is 3.56. The largest absolute Gasteiger partial charge is 0.389 e. The van der Waals surface area contributed by atoms with E-state index in [1.54, 1.807) is 6.20 Å². The molecule has 0 bridgehead atoms. The van der Waals surface area contributed by atoms with E-state index in [1.807, 2.05) is 11.8 Å². The number of nitrogen functional groups attached to an aromatic ring is 1. The van der Waals surface area contributed by atoms with Gasteiger partial charge >= 0.3 is 0 Å². The number of nitrogens with zero attached hydrogens (tertiary/aromatic N) is 1. The fourth-order valence-corrected chi connectivity index (χ4v) is 3.14. The Labute approximate surface area is 86.1 Å². The van der Waals surface area contributed by atoms with Crippen LogP contribution in [-0.2, 0) is 0 Å². The molecule has 1 fully saturated rings. The van der Waals surface area contributed by atoms with Crippen LogP contribution in [0.4, 0.5) is 10.1 Å². The lowest BCUT2D eigenvalue weighted by atomic mass is 10.2. The standard InChI is InChI=1S/C8H13N3S2/c9-7-5-10-8(13-7)11-6-1-3-12-4-2-6/h5-6H,1-4,9H2,(H,10,11).